The van der Waals surface area contributed by atoms with Crippen LogP contribution >= 0.6 is 11.6 Å². The van der Waals surface area contributed by atoms with E-state index in [1.807, 2.05) is 0 Å². The van der Waals surface area contributed by atoms with Crippen LogP contribution in [0.4, 0.5) is 13.2 Å². The van der Waals surface area contributed by atoms with Gasteiger partial charge in [-0.15, -0.1) is 11.6 Å². The predicted molar refractivity (Wildman–Crippen MR) is 69.1 cm³/mol. The summed E-state index contributed by atoms with van der Waals surface area (Å²) in [5, 5.41) is -0.0833. The summed E-state index contributed by atoms with van der Waals surface area (Å²) in [7, 11) is 1.56. The molecule has 1 saturated carbocycles. The Balaban J connectivity index is 2.66. The maximum Gasteiger partial charge on any atom is 0.392 e. The molecule has 112 valence electrons. The van der Waals surface area contributed by atoms with Gasteiger partial charge in [-0.3, -0.25) is 4.79 Å². The summed E-state index contributed by atoms with van der Waals surface area (Å²) >= 11 is 5.80. The SMILES string of the molecule is CC(Cl)CCN(C)C(=O)C1CCCCC1C(F)(F)F. The van der Waals surface area contributed by atoms with Gasteiger partial charge in [0.25, 0.3) is 0 Å². The van der Waals surface area contributed by atoms with Crippen LogP contribution in [0.25, 0.3) is 0 Å². The van der Waals surface area contributed by atoms with Gasteiger partial charge >= 0.3 is 6.18 Å². The lowest BCUT2D eigenvalue weighted by Gasteiger charge is -2.34. The van der Waals surface area contributed by atoms with E-state index >= 15 is 0 Å². The Morgan fingerprint density at radius 2 is 1.95 bits per heavy atom. The number of rotatable bonds is 4. The van der Waals surface area contributed by atoms with E-state index in [1.165, 1.54) is 4.90 Å². The van der Waals surface area contributed by atoms with E-state index in [4.69, 9.17) is 11.6 Å². The molecule has 2 nitrogen and oxygen atoms in total. The Bertz CT molecular complexity index is 307. The summed E-state index contributed by atoms with van der Waals surface area (Å²) in [4.78, 5) is 13.5. The molecule has 1 fully saturated rings. The smallest absolute Gasteiger partial charge is 0.345 e. The van der Waals surface area contributed by atoms with E-state index < -0.39 is 18.0 Å². The number of hydrogen-bond acceptors (Lipinski definition) is 1. The minimum atomic E-state index is -4.28. The topological polar surface area (TPSA) is 20.3 Å². The average Bonchev–Trinajstić information content (AvgIpc) is 2.34. The van der Waals surface area contributed by atoms with Crippen molar-refractivity contribution in [2.45, 2.75) is 50.6 Å². The van der Waals surface area contributed by atoms with Crippen LogP contribution in [0.2, 0.25) is 0 Å². The van der Waals surface area contributed by atoms with E-state index in [0.29, 0.717) is 32.2 Å². The monoisotopic (exact) mass is 299 g/mol. The Morgan fingerprint density at radius 3 is 2.47 bits per heavy atom. The molecule has 3 atom stereocenters. The first kappa shape index (κ1) is 16.6. The molecule has 1 amide bonds. The first-order valence-corrected chi connectivity index (χ1v) is 7.13. The highest BCUT2D eigenvalue weighted by molar-refractivity contribution is 6.20. The number of nitrogens with zero attached hydrogens (tertiary/aromatic N) is 1. The number of alkyl halides is 4. The Hall–Kier alpha value is -0.450. The second-order valence-corrected chi connectivity index (χ2v) is 6.11. The van der Waals surface area contributed by atoms with Crippen LogP contribution in [-0.2, 0) is 4.79 Å². The lowest BCUT2D eigenvalue weighted by atomic mass is 9.78. The molecule has 0 aromatic carbocycles. The summed E-state index contributed by atoms with van der Waals surface area (Å²) in [5.41, 5.74) is 0. The molecule has 0 bridgehead atoms. The van der Waals surface area contributed by atoms with Crippen molar-refractivity contribution in [3.8, 4) is 0 Å². The van der Waals surface area contributed by atoms with Crippen molar-refractivity contribution in [3.63, 3.8) is 0 Å². The van der Waals surface area contributed by atoms with Crippen molar-refractivity contribution >= 4 is 17.5 Å². The maximum absolute atomic E-state index is 12.9. The van der Waals surface area contributed by atoms with Crippen LogP contribution in [0.15, 0.2) is 0 Å². The molecule has 19 heavy (non-hydrogen) atoms. The van der Waals surface area contributed by atoms with Gasteiger partial charge in [0.15, 0.2) is 0 Å². The molecule has 6 heteroatoms. The lowest BCUT2D eigenvalue weighted by Crippen LogP contribution is -2.43. The second kappa shape index (κ2) is 6.82. The van der Waals surface area contributed by atoms with Crippen LogP contribution in [0, 0.1) is 11.8 Å². The van der Waals surface area contributed by atoms with E-state index in [2.05, 4.69) is 0 Å². The Kier molecular flexibility index (Phi) is 5.96. The zero-order valence-corrected chi connectivity index (χ0v) is 12.1. The van der Waals surface area contributed by atoms with Gasteiger partial charge in [0.05, 0.1) is 5.92 Å². The average molecular weight is 300 g/mol. The Labute approximate surface area is 117 Å². The van der Waals surface area contributed by atoms with E-state index in [1.54, 1.807) is 14.0 Å². The fraction of sp³-hybridized carbons (Fsp3) is 0.923. The van der Waals surface area contributed by atoms with Crippen LogP contribution < -0.4 is 0 Å². The maximum atomic E-state index is 12.9. The summed E-state index contributed by atoms with van der Waals surface area (Å²) in [6.07, 6.45) is -2.03. The molecule has 0 aromatic rings. The van der Waals surface area contributed by atoms with Gasteiger partial charge in [-0.05, 0) is 26.2 Å². The number of hydrogen-bond donors (Lipinski definition) is 0. The highest BCUT2D eigenvalue weighted by Crippen LogP contribution is 2.42. The van der Waals surface area contributed by atoms with Crippen molar-refractivity contribution in [3.05, 3.63) is 0 Å². The number of amides is 1. The van der Waals surface area contributed by atoms with Crippen molar-refractivity contribution in [1.29, 1.82) is 0 Å². The van der Waals surface area contributed by atoms with Crippen LogP contribution in [0.3, 0.4) is 0 Å². The minimum absolute atomic E-state index is 0.0691. The normalized spacial score (nSPS) is 26.0. The molecule has 1 aliphatic carbocycles. The molecule has 0 saturated heterocycles. The third-order valence-corrected chi connectivity index (χ3v) is 3.96. The van der Waals surface area contributed by atoms with Crippen LogP contribution in [-0.4, -0.2) is 36.0 Å². The molecular formula is C13H21ClF3NO. The standard InChI is InChI=1S/C13H21ClF3NO/c1-9(14)7-8-18(2)12(19)10-5-3-4-6-11(10)13(15,16)17/h9-11H,3-8H2,1-2H3. The summed E-state index contributed by atoms with van der Waals surface area (Å²) < 4.78 is 38.8. The molecule has 0 radical (unpaired) electrons. The molecule has 3 unspecified atom stereocenters. The van der Waals surface area contributed by atoms with Gasteiger partial charge in [-0.25, -0.2) is 0 Å². The van der Waals surface area contributed by atoms with Crippen molar-refractivity contribution in [2.24, 2.45) is 11.8 Å². The third kappa shape index (κ3) is 4.86. The third-order valence-electron chi connectivity index (χ3n) is 3.74. The van der Waals surface area contributed by atoms with E-state index in [-0.39, 0.29) is 17.7 Å². The largest absolute Gasteiger partial charge is 0.392 e. The van der Waals surface area contributed by atoms with Crippen molar-refractivity contribution < 1.29 is 18.0 Å². The second-order valence-electron chi connectivity index (χ2n) is 5.37. The van der Waals surface area contributed by atoms with Gasteiger partial charge in [0.2, 0.25) is 5.91 Å². The number of halogens is 4. The van der Waals surface area contributed by atoms with E-state index in [0.717, 1.165) is 0 Å². The lowest BCUT2D eigenvalue weighted by molar-refractivity contribution is -0.200. The van der Waals surface area contributed by atoms with Gasteiger partial charge in [-0.1, -0.05) is 12.8 Å². The highest BCUT2D eigenvalue weighted by Gasteiger charge is 2.48. The molecule has 0 aromatic heterocycles. The van der Waals surface area contributed by atoms with Gasteiger partial charge < -0.3 is 4.90 Å². The van der Waals surface area contributed by atoms with Crippen LogP contribution in [0.5, 0.6) is 0 Å². The minimum Gasteiger partial charge on any atom is -0.345 e. The molecular weight excluding hydrogens is 279 g/mol. The van der Waals surface area contributed by atoms with E-state index in [9.17, 15) is 18.0 Å². The first-order valence-electron chi connectivity index (χ1n) is 6.69. The molecule has 0 spiro atoms. The van der Waals surface area contributed by atoms with Crippen LogP contribution in [0.1, 0.15) is 39.0 Å². The van der Waals surface area contributed by atoms with Crippen molar-refractivity contribution in [2.75, 3.05) is 13.6 Å². The van der Waals surface area contributed by atoms with Gasteiger partial charge in [-0.2, -0.15) is 13.2 Å². The predicted octanol–water partition coefficient (Wildman–Crippen LogP) is 3.83. The fourth-order valence-electron chi connectivity index (χ4n) is 2.58. The van der Waals surface area contributed by atoms with Gasteiger partial charge in [0, 0.05) is 24.9 Å². The highest BCUT2D eigenvalue weighted by atomic mass is 35.5. The summed E-state index contributed by atoms with van der Waals surface area (Å²) in [6.45, 7) is 2.21. The molecule has 0 heterocycles. The fourth-order valence-corrected chi connectivity index (χ4v) is 2.68. The molecule has 0 aliphatic heterocycles. The molecule has 0 N–H and O–H groups in total. The zero-order chi connectivity index (χ0) is 14.6. The Morgan fingerprint density at radius 1 is 1.37 bits per heavy atom. The van der Waals surface area contributed by atoms with Crippen molar-refractivity contribution in [1.82, 2.24) is 4.90 Å². The number of carbonyl (C=O) groups is 1. The first-order chi connectivity index (χ1) is 8.73. The zero-order valence-electron chi connectivity index (χ0n) is 11.3. The molecule has 1 aliphatic rings. The summed E-state index contributed by atoms with van der Waals surface area (Å²) in [6, 6.07) is 0. The number of carbonyl (C=O) groups excluding carboxylic acids is 1. The summed E-state index contributed by atoms with van der Waals surface area (Å²) in [5.74, 6) is -2.78. The molecule has 1 rings (SSSR count). The van der Waals surface area contributed by atoms with Gasteiger partial charge in [0.1, 0.15) is 0 Å². The quantitative estimate of drug-likeness (QED) is 0.723.